The van der Waals surface area contributed by atoms with Crippen molar-refractivity contribution in [2.24, 2.45) is 5.92 Å². The molecule has 1 atom stereocenters. The third kappa shape index (κ3) is 5.04. The molecule has 4 N–H and O–H groups in total. The van der Waals surface area contributed by atoms with Gasteiger partial charge in [0.25, 0.3) is 0 Å². The highest BCUT2D eigenvalue weighted by atomic mass is 19.1. The third-order valence-corrected chi connectivity index (χ3v) is 4.70. The van der Waals surface area contributed by atoms with Crippen LogP contribution in [-0.2, 0) is 0 Å². The number of aromatic nitrogens is 2. The van der Waals surface area contributed by atoms with Crippen LogP contribution in [-0.4, -0.2) is 34.3 Å². The Bertz CT molecular complexity index is 1000. The Labute approximate surface area is 173 Å². The number of amides is 2. The quantitative estimate of drug-likeness (QED) is 0.414. The van der Waals surface area contributed by atoms with Gasteiger partial charge in [0.2, 0.25) is 5.95 Å². The predicted octanol–water partition coefficient (Wildman–Crippen LogP) is 3.98. The molecule has 0 aliphatic rings. The Hall–Kier alpha value is -3.20. The van der Waals surface area contributed by atoms with Gasteiger partial charge < -0.3 is 25.5 Å². The fourth-order valence-electron chi connectivity index (χ4n) is 3.12. The molecule has 0 aliphatic heterocycles. The van der Waals surface area contributed by atoms with Crippen molar-refractivity contribution in [2.45, 2.75) is 33.2 Å². The van der Waals surface area contributed by atoms with Crippen molar-refractivity contribution in [3.63, 3.8) is 0 Å². The molecule has 0 fully saturated rings. The molecule has 0 bridgehead atoms. The van der Waals surface area contributed by atoms with Gasteiger partial charge in [0.15, 0.2) is 0 Å². The molecule has 0 spiro atoms. The summed E-state index contributed by atoms with van der Waals surface area (Å²) in [6.07, 6.45) is 3.58. The normalized spacial score (nSPS) is 12.2. The van der Waals surface area contributed by atoms with Crippen LogP contribution in [0.1, 0.15) is 37.6 Å². The third-order valence-electron chi connectivity index (χ3n) is 4.70. The number of fused-ring (bicyclic) bond motifs is 1. The van der Waals surface area contributed by atoms with E-state index >= 15 is 0 Å². The highest BCUT2D eigenvalue weighted by molar-refractivity contribution is 5.89. The van der Waals surface area contributed by atoms with Crippen LogP contribution in [0.2, 0.25) is 0 Å². The van der Waals surface area contributed by atoms with Crippen molar-refractivity contribution < 1.29 is 18.7 Å². The second-order valence-corrected chi connectivity index (χ2v) is 7.35. The molecule has 30 heavy (non-hydrogen) atoms. The summed E-state index contributed by atoms with van der Waals surface area (Å²) in [4.78, 5) is 20.8. The number of rotatable bonds is 8. The maximum Gasteiger partial charge on any atom is 0.319 e. The minimum Gasteiger partial charge on any atom is -0.459 e. The molecule has 3 aromatic rings. The molecule has 1 aromatic carbocycles. The maximum atomic E-state index is 13.6. The lowest BCUT2D eigenvalue weighted by atomic mass is 9.98. The van der Waals surface area contributed by atoms with Crippen molar-refractivity contribution in [1.29, 1.82) is 0 Å². The molecule has 0 unspecified atom stereocenters. The van der Waals surface area contributed by atoms with Gasteiger partial charge in [-0.3, -0.25) is 0 Å². The first kappa shape index (κ1) is 21.5. The molecule has 2 heterocycles. The second-order valence-electron chi connectivity index (χ2n) is 7.35. The van der Waals surface area contributed by atoms with Gasteiger partial charge in [0.05, 0.1) is 24.1 Å². The minimum atomic E-state index is -0.427. The summed E-state index contributed by atoms with van der Waals surface area (Å²) >= 11 is 0. The molecule has 9 heteroatoms. The summed E-state index contributed by atoms with van der Waals surface area (Å²) in [5, 5.41) is 18.1. The molecule has 2 amide bonds. The lowest BCUT2D eigenvalue weighted by Crippen LogP contribution is -2.35. The predicted molar refractivity (Wildman–Crippen MR) is 113 cm³/mol. The van der Waals surface area contributed by atoms with Crippen molar-refractivity contribution in [3.8, 4) is 0 Å². The van der Waals surface area contributed by atoms with E-state index in [1.54, 1.807) is 6.07 Å². The number of aryl methyl sites for hydroxylation is 1. The van der Waals surface area contributed by atoms with E-state index in [1.807, 2.05) is 20.8 Å². The Balaban J connectivity index is 1.70. The van der Waals surface area contributed by atoms with E-state index in [0.29, 0.717) is 41.3 Å². The van der Waals surface area contributed by atoms with Crippen LogP contribution in [0, 0.1) is 18.7 Å². The smallest absolute Gasteiger partial charge is 0.319 e. The number of hydrogen-bond donors (Lipinski definition) is 4. The van der Waals surface area contributed by atoms with Gasteiger partial charge in [0.1, 0.15) is 17.2 Å². The summed E-state index contributed by atoms with van der Waals surface area (Å²) in [5.41, 5.74) is 1.81. The number of urea groups is 1. The van der Waals surface area contributed by atoms with E-state index in [-0.39, 0.29) is 18.3 Å². The van der Waals surface area contributed by atoms with E-state index in [4.69, 9.17) is 9.52 Å². The van der Waals surface area contributed by atoms with E-state index in [9.17, 15) is 9.18 Å². The molecule has 3 rings (SSSR count). The van der Waals surface area contributed by atoms with Crippen LogP contribution < -0.4 is 16.0 Å². The number of nitrogens with one attached hydrogen (secondary N) is 3. The molecule has 0 radical (unpaired) electrons. The van der Waals surface area contributed by atoms with Gasteiger partial charge in [-0.2, -0.15) is 0 Å². The number of aliphatic hydroxyl groups excluding tert-OH is 1. The van der Waals surface area contributed by atoms with Crippen LogP contribution in [0.25, 0.3) is 11.0 Å². The number of furan rings is 1. The molecule has 0 saturated carbocycles. The van der Waals surface area contributed by atoms with Gasteiger partial charge in [-0.25, -0.2) is 19.2 Å². The summed E-state index contributed by atoms with van der Waals surface area (Å²) in [5.74, 6) is 0.716. The first-order valence-corrected chi connectivity index (χ1v) is 9.82. The Kier molecular flexibility index (Phi) is 6.83. The molecule has 0 saturated heterocycles. The average Bonchev–Trinajstić information content (AvgIpc) is 3.03. The number of nitrogens with zero attached hydrogens (tertiary/aromatic N) is 2. The fourth-order valence-corrected chi connectivity index (χ4v) is 3.12. The summed E-state index contributed by atoms with van der Waals surface area (Å²) in [7, 11) is 0. The summed E-state index contributed by atoms with van der Waals surface area (Å²) < 4.78 is 19.5. The topological polar surface area (TPSA) is 112 Å². The largest absolute Gasteiger partial charge is 0.459 e. The number of benzene rings is 1. The van der Waals surface area contributed by atoms with E-state index in [1.165, 1.54) is 24.5 Å². The molecule has 8 nitrogen and oxygen atoms in total. The van der Waals surface area contributed by atoms with Crippen LogP contribution in [0.5, 0.6) is 0 Å². The molecule has 0 aliphatic carbocycles. The number of carbonyl (C=O) groups excluding carboxylic acids is 1. The Morgan fingerprint density at radius 3 is 2.67 bits per heavy atom. The van der Waals surface area contributed by atoms with E-state index in [0.717, 1.165) is 5.56 Å². The fraction of sp³-hybridized carbons (Fsp3) is 0.381. The summed E-state index contributed by atoms with van der Waals surface area (Å²) in [6.45, 7) is 6.43. The standard InChI is InChI=1S/C21H26FN5O3/c1-12(2)18(19-13(3)16-9-14(22)5-6-17(16)30-19)27-21(29)26-15-10-24-20(25-11-15)23-7-4-8-28/h5-6,9-12,18,28H,4,7-8H2,1-3H3,(H,23,24,25)(H2,26,27,29)/t18-/m1/s1. The first-order valence-electron chi connectivity index (χ1n) is 9.82. The highest BCUT2D eigenvalue weighted by Crippen LogP contribution is 2.33. The Morgan fingerprint density at radius 1 is 1.27 bits per heavy atom. The average molecular weight is 415 g/mol. The lowest BCUT2D eigenvalue weighted by molar-refractivity contribution is 0.241. The van der Waals surface area contributed by atoms with Crippen molar-refractivity contribution >= 4 is 28.6 Å². The highest BCUT2D eigenvalue weighted by Gasteiger charge is 2.25. The van der Waals surface area contributed by atoms with Crippen molar-refractivity contribution in [2.75, 3.05) is 23.8 Å². The number of hydrogen-bond acceptors (Lipinski definition) is 6. The zero-order chi connectivity index (χ0) is 21.7. The zero-order valence-corrected chi connectivity index (χ0v) is 17.2. The summed E-state index contributed by atoms with van der Waals surface area (Å²) in [6, 6.07) is 3.54. The van der Waals surface area contributed by atoms with Gasteiger partial charge in [0, 0.05) is 24.1 Å². The second kappa shape index (κ2) is 9.53. The first-order chi connectivity index (χ1) is 14.4. The van der Waals surface area contributed by atoms with Gasteiger partial charge >= 0.3 is 6.03 Å². The van der Waals surface area contributed by atoms with Crippen LogP contribution in [0.15, 0.2) is 35.0 Å². The van der Waals surface area contributed by atoms with Gasteiger partial charge in [-0.1, -0.05) is 13.8 Å². The molecular weight excluding hydrogens is 389 g/mol. The monoisotopic (exact) mass is 415 g/mol. The molecule has 2 aromatic heterocycles. The van der Waals surface area contributed by atoms with Crippen LogP contribution in [0.3, 0.4) is 0 Å². The zero-order valence-electron chi connectivity index (χ0n) is 17.2. The number of aliphatic hydroxyl groups is 1. The molecule has 160 valence electrons. The number of anilines is 2. The number of carbonyl (C=O) groups is 1. The Morgan fingerprint density at radius 2 is 2.00 bits per heavy atom. The van der Waals surface area contributed by atoms with Gasteiger partial charge in [-0.05, 0) is 37.5 Å². The lowest BCUT2D eigenvalue weighted by Gasteiger charge is -2.21. The van der Waals surface area contributed by atoms with Crippen molar-refractivity contribution in [1.82, 2.24) is 15.3 Å². The minimum absolute atomic E-state index is 0.0363. The SMILES string of the molecule is Cc1c([C@H](NC(=O)Nc2cnc(NCCCO)nc2)C(C)C)oc2ccc(F)cc12. The van der Waals surface area contributed by atoms with Gasteiger partial charge in [-0.15, -0.1) is 0 Å². The van der Waals surface area contributed by atoms with Crippen molar-refractivity contribution in [3.05, 3.63) is 47.7 Å². The molecular formula is C21H26FN5O3. The number of halogens is 1. The maximum absolute atomic E-state index is 13.6. The van der Waals surface area contributed by atoms with Crippen LogP contribution in [0.4, 0.5) is 20.8 Å². The van der Waals surface area contributed by atoms with E-state index < -0.39 is 12.1 Å². The van der Waals surface area contributed by atoms with Crippen LogP contribution >= 0.6 is 0 Å². The van der Waals surface area contributed by atoms with E-state index in [2.05, 4.69) is 25.9 Å².